The number of amides is 1. The van der Waals surface area contributed by atoms with Crippen LogP contribution in [0.15, 0.2) is 48.5 Å². The van der Waals surface area contributed by atoms with Gasteiger partial charge in [0.15, 0.2) is 11.4 Å². The number of ketones is 1. The number of carbonyl (C=O) groups excluding carboxylic acids is 2. The summed E-state index contributed by atoms with van der Waals surface area (Å²) in [6.07, 6.45) is -0.478. The van der Waals surface area contributed by atoms with Gasteiger partial charge in [-0.3, -0.25) is 19.7 Å². The first-order valence-corrected chi connectivity index (χ1v) is 7.22. The smallest absolute Gasteiger partial charge is 0.270 e. The van der Waals surface area contributed by atoms with Crippen molar-refractivity contribution in [3.8, 4) is 0 Å². The summed E-state index contributed by atoms with van der Waals surface area (Å²) in [6, 6.07) is 11.9. The predicted molar refractivity (Wildman–Crippen MR) is 85.8 cm³/mol. The van der Waals surface area contributed by atoms with E-state index < -0.39 is 28.6 Å². The standard InChI is InChI=1S/C17H14N2O5/c1-18-14-8-3-2-7-13(14)17(22,16(18)21)10-15(20)11-5-4-6-12(9-11)19(23)24/h2-9,22H,10H2,1H3. The summed E-state index contributed by atoms with van der Waals surface area (Å²) in [5.41, 5.74) is -1.21. The molecule has 2 aromatic carbocycles. The molecule has 2 aromatic rings. The molecule has 1 unspecified atom stereocenters. The molecule has 1 amide bonds. The molecule has 0 radical (unpaired) electrons. The lowest BCUT2D eigenvalue weighted by Gasteiger charge is -2.21. The SMILES string of the molecule is CN1C(=O)C(O)(CC(=O)c2cccc([N+](=O)[O-])c2)c2ccccc21. The molecule has 1 N–H and O–H groups in total. The molecule has 3 rings (SSSR count). The molecule has 0 aliphatic carbocycles. The van der Waals surface area contributed by atoms with Crippen LogP contribution in [0, 0.1) is 10.1 Å². The first-order chi connectivity index (χ1) is 11.3. The lowest BCUT2D eigenvalue weighted by molar-refractivity contribution is -0.384. The van der Waals surface area contributed by atoms with Crippen LogP contribution in [-0.4, -0.2) is 28.8 Å². The largest absolute Gasteiger partial charge is 0.375 e. The number of nitro benzene ring substituents is 1. The van der Waals surface area contributed by atoms with Gasteiger partial charge in [0, 0.05) is 30.3 Å². The lowest BCUT2D eigenvalue weighted by atomic mass is 9.88. The number of benzene rings is 2. The van der Waals surface area contributed by atoms with Crippen molar-refractivity contribution in [1.82, 2.24) is 0 Å². The third-order valence-electron chi connectivity index (χ3n) is 4.16. The van der Waals surface area contributed by atoms with E-state index in [9.17, 15) is 24.8 Å². The lowest BCUT2D eigenvalue weighted by Crippen LogP contribution is -2.40. The van der Waals surface area contributed by atoms with Crippen molar-refractivity contribution >= 4 is 23.1 Å². The average molecular weight is 326 g/mol. The molecule has 1 heterocycles. The number of hydrogen-bond acceptors (Lipinski definition) is 5. The summed E-state index contributed by atoms with van der Waals surface area (Å²) >= 11 is 0. The van der Waals surface area contributed by atoms with Gasteiger partial charge in [-0.2, -0.15) is 0 Å². The minimum atomic E-state index is -1.97. The van der Waals surface area contributed by atoms with E-state index in [0.29, 0.717) is 11.3 Å². The first kappa shape index (κ1) is 15.8. The second-order valence-electron chi connectivity index (χ2n) is 5.65. The van der Waals surface area contributed by atoms with E-state index in [4.69, 9.17) is 0 Å². The van der Waals surface area contributed by atoms with Crippen molar-refractivity contribution in [2.75, 3.05) is 11.9 Å². The molecule has 122 valence electrons. The Bertz CT molecular complexity index is 864. The monoisotopic (exact) mass is 326 g/mol. The van der Waals surface area contributed by atoms with Crippen LogP contribution >= 0.6 is 0 Å². The molecule has 0 aromatic heterocycles. The van der Waals surface area contributed by atoms with E-state index in [1.165, 1.54) is 30.1 Å². The minimum absolute atomic E-state index is 0.0810. The van der Waals surface area contributed by atoms with Crippen molar-refractivity contribution < 1.29 is 19.6 Å². The molecule has 7 nitrogen and oxygen atoms in total. The zero-order valence-corrected chi connectivity index (χ0v) is 12.8. The number of rotatable bonds is 4. The predicted octanol–water partition coefficient (Wildman–Crippen LogP) is 2.03. The van der Waals surface area contributed by atoms with Crippen molar-refractivity contribution in [2.45, 2.75) is 12.0 Å². The van der Waals surface area contributed by atoms with Crippen molar-refractivity contribution in [3.05, 3.63) is 69.8 Å². The number of fused-ring (bicyclic) bond motifs is 1. The van der Waals surface area contributed by atoms with Gasteiger partial charge in [0.25, 0.3) is 11.6 Å². The number of para-hydroxylation sites is 1. The van der Waals surface area contributed by atoms with E-state index in [2.05, 4.69) is 0 Å². The maximum absolute atomic E-state index is 12.5. The Labute approximate surface area is 137 Å². The van der Waals surface area contributed by atoms with Gasteiger partial charge in [-0.25, -0.2) is 0 Å². The Morgan fingerprint density at radius 1 is 1.25 bits per heavy atom. The topological polar surface area (TPSA) is 101 Å². The third-order valence-corrected chi connectivity index (χ3v) is 4.16. The highest BCUT2D eigenvalue weighted by atomic mass is 16.6. The van der Waals surface area contributed by atoms with Gasteiger partial charge in [0.05, 0.1) is 17.0 Å². The highest BCUT2D eigenvalue weighted by Crippen LogP contribution is 2.42. The number of non-ortho nitro benzene ring substituents is 1. The summed E-state index contributed by atoms with van der Waals surface area (Å²) in [7, 11) is 1.52. The van der Waals surface area contributed by atoms with Crippen molar-refractivity contribution in [2.24, 2.45) is 0 Å². The van der Waals surface area contributed by atoms with Gasteiger partial charge in [-0.1, -0.05) is 30.3 Å². The minimum Gasteiger partial charge on any atom is -0.375 e. The Hall–Kier alpha value is -3.06. The van der Waals surface area contributed by atoms with E-state index in [1.807, 2.05) is 0 Å². The number of nitrogens with zero attached hydrogens (tertiary/aromatic N) is 2. The van der Waals surface area contributed by atoms with Crippen LogP contribution in [-0.2, 0) is 10.4 Å². The number of anilines is 1. The van der Waals surface area contributed by atoms with Gasteiger partial charge in [0.1, 0.15) is 0 Å². The van der Waals surface area contributed by atoms with Gasteiger partial charge in [0.2, 0.25) is 0 Å². The van der Waals surface area contributed by atoms with Crippen LogP contribution in [0.2, 0.25) is 0 Å². The molecule has 0 saturated heterocycles. The first-order valence-electron chi connectivity index (χ1n) is 7.22. The molecule has 7 heteroatoms. The number of hydrogen-bond donors (Lipinski definition) is 1. The molecule has 24 heavy (non-hydrogen) atoms. The molecule has 1 aliphatic rings. The maximum Gasteiger partial charge on any atom is 0.270 e. The van der Waals surface area contributed by atoms with Crippen LogP contribution in [0.25, 0.3) is 0 Å². The van der Waals surface area contributed by atoms with Crippen LogP contribution in [0.5, 0.6) is 0 Å². The van der Waals surface area contributed by atoms with Gasteiger partial charge in [-0.15, -0.1) is 0 Å². The van der Waals surface area contributed by atoms with Crippen molar-refractivity contribution in [3.63, 3.8) is 0 Å². The molecular formula is C17H14N2O5. The summed E-state index contributed by atoms with van der Waals surface area (Å²) in [5.74, 6) is -1.14. The van der Waals surface area contributed by atoms with E-state index in [0.717, 1.165) is 6.07 Å². The Balaban J connectivity index is 1.96. The molecule has 0 saturated carbocycles. The van der Waals surface area contributed by atoms with Gasteiger partial charge < -0.3 is 10.0 Å². The second-order valence-corrected chi connectivity index (χ2v) is 5.65. The normalized spacial score (nSPS) is 19.2. The summed E-state index contributed by atoms with van der Waals surface area (Å²) < 4.78 is 0. The van der Waals surface area contributed by atoms with Crippen LogP contribution < -0.4 is 4.90 Å². The summed E-state index contributed by atoms with van der Waals surface area (Å²) in [4.78, 5) is 36.5. The average Bonchev–Trinajstić information content (AvgIpc) is 2.77. The Morgan fingerprint density at radius 3 is 2.67 bits per heavy atom. The fraction of sp³-hybridized carbons (Fsp3) is 0.176. The quantitative estimate of drug-likeness (QED) is 0.526. The summed E-state index contributed by atoms with van der Waals surface area (Å²) in [5, 5.41) is 21.7. The second kappa shape index (κ2) is 5.54. The number of aliphatic hydroxyl groups is 1. The number of likely N-dealkylation sites (N-methyl/N-ethyl adjacent to an activating group) is 1. The van der Waals surface area contributed by atoms with Crippen LogP contribution in [0.3, 0.4) is 0 Å². The summed E-state index contributed by atoms with van der Waals surface area (Å²) in [6.45, 7) is 0. The van der Waals surface area contributed by atoms with E-state index in [1.54, 1.807) is 24.3 Å². The zero-order valence-electron chi connectivity index (χ0n) is 12.8. The molecular weight excluding hydrogens is 312 g/mol. The third kappa shape index (κ3) is 2.35. The van der Waals surface area contributed by atoms with E-state index >= 15 is 0 Å². The Morgan fingerprint density at radius 2 is 1.96 bits per heavy atom. The molecule has 0 spiro atoms. The number of Topliss-reactive ketones (excluding diaryl/α,β-unsaturated/α-hetero) is 1. The van der Waals surface area contributed by atoms with Crippen LogP contribution in [0.4, 0.5) is 11.4 Å². The van der Waals surface area contributed by atoms with Gasteiger partial charge >= 0.3 is 0 Å². The molecule has 1 aliphatic heterocycles. The number of carbonyl (C=O) groups is 2. The molecule has 1 atom stereocenters. The highest BCUT2D eigenvalue weighted by Gasteiger charge is 2.49. The fourth-order valence-corrected chi connectivity index (χ4v) is 2.92. The van der Waals surface area contributed by atoms with Gasteiger partial charge in [-0.05, 0) is 6.07 Å². The molecule has 0 bridgehead atoms. The van der Waals surface area contributed by atoms with Crippen molar-refractivity contribution in [1.29, 1.82) is 0 Å². The van der Waals surface area contributed by atoms with E-state index in [-0.39, 0.29) is 11.3 Å². The number of nitro groups is 1. The zero-order chi connectivity index (χ0) is 17.5. The maximum atomic E-state index is 12.5. The molecule has 0 fully saturated rings. The highest BCUT2D eigenvalue weighted by molar-refractivity contribution is 6.10. The van der Waals surface area contributed by atoms with Crippen LogP contribution in [0.1, 0.15) is 22.3 Å². The fourth-order valence-electron chi connectivity index (χ4n) is 2.92. The Kier molecular flexibility index (Phi) is 3.65.